The molecule has 0 unspecified atom stereocenters. The number of nitrogens with zero attached hydrogens (tertiary/aromatic N) is 3. The molecule has 2 rings (SSSR count). The zero-order valence-corrected chi connectivity index (χ0v) is 10.4. The number of hydrogen-bond acceptors (Lipinski definition) is 5. The van der Waals surface area contributed by atoms with Crippen molar-refractivity contribution >= 4 is 5.91 Å². The Hall–Kier alpha value is -2.57. The van der Waals surface area contributed by atoms with Crippen molar-refractivity contribution in [2.45, 2.75) is 6.54 Å². The molecule has 2 aromatic rings. The number of aromatic nitrogens is 3. The van der Waals surface area contributed by atoms with Crippen LogP contribution in [0.3, 0.4) is 0 Å². The van der Waals surface area contributed by atoms with Crippen molar-refractivity contribution < 1.29 is 14.6 Å². The van der Waals surface area contributed by atoms with Crippen molar-refractivity contribution in [2.24, 2.45) is 0 Å². The highest BCUT2D eigenvalue weighted by Crippen LogP contribution is 2.22. The van der Waals surface area contributed by atoms with Crippen molar-refractivity contribution in [3.63, 3.8) is 0 Å². The molecule has 19 heavy (non-hydrogen) atoms. The Labute approximate surface area is 109 Å². The smallest absolute Gasteiger partial charge is 0.255 e. The predicted molar refractivity (Wildman–Crippen MR) is 67.0 cm³/mol. The highest BCUT2D eigenvalue weighted by atomic mass is 16.5. The second kappa shape index (κ2) is 5.85. The molecule has 0 bridgehead atoms. The van der Waals surface area contributed by atoms with E-state index in [0.717, 1.165) is 0 Å². The van der Waals surface area contributed by atoms with Crippen molar-refractivity contribution in [3.8, 4) is 11.5 Å². The first kappa shape index (κ1) is 12.9. The standard InChI is InChI=1S/C12H14N4O3/c1-19-9-2-3-10(11(17)8-9)12(18)13-4-6-16-7-5-14-15-16/h2-3,5,7-8,17H,4,6H2,1H3,(H,13,18). The molecular formula is C12H14N4O3. The molecule has 0 fully saturated rings. The molecule has 0 aliphatic carbocycles. The van der Waals surface area contributed by atoms with E-state index in [2.05, 4.69) is 15.6 Å². The third-order valence-corrected chi connectivity index (χ3v) is 2.55. The third kappa shape index (κ3) is 3.21. The minimum Gasteiger partial charge on any atom is -0.507 e. The topological polar surface area (TPSA) is 89.3 Å². The van der Waals surface area contributed by atoms with Crippen molar-refractivity contribution in [1.29, 1.82) is 0 Å². The predicted octanol–water partition coefficient (Wildman–Crippen LogP) is 0.422. The Balaban J connectivity index is 1.92. The van der Waals surface area contributed by atoms with Crippen molar-refractivity contribution in [3.05, 3.63) is 36.2 Å². The van der Waals surface area contributed by atoms with E-state index in [1.807, 2.05) is 0 Å². The van der Waals surface area contributed by atoms with Gasteiger partial charge in [-0.05, 0) is 12.1 Å². The molecule has 1 heterocycles. The van der Waals surface area contributed by atoms with Gasteiger partial charge in [0.05, 0.1) is 25.4 Å². The summed E-state index contributed by atoms with van der Waals surface area (Å²) in [4.78, 5) is 11.8. The minimum atomic E-state index is -0.347. The first-order valence-corrected chi connectivity index (χ1v) is 5.70. The van der Waals surface area contributed by atoms with Crippen LogP contribution in [0, 0.1) is 0 Å². The van der Waals surface area contributed by atoms with Gasteiger partial charge in [0.1, 0.15) is 11.5 Å². The van der Waals surface area contributed by atoms with Crippen LogP contribution in [0.1, 0.15) is 10.4 Å². The lowest BCUT2D eigenvalue weighted by molar-refractivity contribution is 0.0949. The Morgan fingerprint density at radius 1 is 1.53 bits per heavy atom. The number of methoxy groups -OCH3 is 1. The fraction of sp³-hybridized carbons (Fsp3) is 0.250. The average molecular weight is 262 g/mol. The summed E-state index contributed by atoms with van der Waals surface area (Å²) < 4.78 is 6.55. The number of nitrogens with one attached hydrogen (secondary N) is 1. The fourth-order valence-corrected chi connectivity index (χ4v) is 1.56. The third-order valence-electron chi connectivity index (χ3n) is 2.55. The maximum absolute atomic E-state index is 11.8. The van der Waals surface area contributed by atoms with Gasteiger partial charge in [0, 0.05) is 18.8 Å². The highest BCUT2D eigenvalue weighted by Gasteiger charge is 2.11. The van der Waals surface area contributed by atoms with Gasteiger partial charge in [-0.1, -0.05) is 5.21 Å². The van der Waals surface area contributed by atoms with Gasteiger partial charge < -0.3 is 15.2 Å². The van der Waals surface area contributed by atoms with Gasteiger partial charge in [-0.3, -0.25) is 9.48 Å². The van der Waals surface area contributed by atoms with E-state index < -0.39 is 0 Å². The Morgan fingerprint density at radius 3 is 3.00 bits per heavy atom. The number of phenols is 1. The molecule has 7 heteroatoms. The zero-order chi connectivity index (χ0) is 13.7. The lowest BCUT2D eigenvalue weighted by Crippen LogP contribution is -2.27. The Morgan fingerprint density at radius 2 is 2.37 bits per heavy atom. The second-order valence-corrected chi connectivity index (χ2v) is 3.81. The van der Waals surface area contributed by atoms with Gasteiger partial charge in [0.15, 0.2) is 0 Å². The number of hydrogen-bond donors (Lipinski definition) is 2. The summed E-state index contributed by atoms with van der Waals surface area (Å²) in [7, 11) is 1.49. The van der Waals surface area contributed by atoms with Crippen LogP contribution < -0.4 is 10.1 Å². The molecule has 0 aliphatic heterocycles. The molecule has 0 saturated heterocycles. The molecule has 7 nitrogen and oxygen atoms in total. The van der Waals surface area contributed by atoms with Gasteiger partial charge in [0.2, 0.25) is 0 Å². The number of phenolic OH excluding ortho intramolecular Hbond substituents is 1. The number of amides is 1. The summed E-state index contributed by atoms with van der Waals surface area (Å²) in [5.41, 5.74) is 0.208. The maximum Gasteiger partial charge on any atom is 0.255 e. The number of ether oxygens (including phenoxy) is 1. The fourth-order valence-electron chi connectivity index (χ4n) is 1.56. The molecule has 2 N–H and O–H groups in total. The summed E-state index contributed by atoms with van der Waals surface area (Å²) in [6.45, 7) is 0.913. The van der Waals surface area contributed by atoms with Crippen LogP contribution in [-0.2, 0) is 6.54 Å². The van der Waals surface area contributed by atoms with Gasteiger partial charge in [-0.25, -0.2) is 0 Å². The first-order valence-electron chi connectivity index (χ1n) is 5.70. The van der Waals surface area contributed by atoms with E-state index in [1.54, 1.807) is 23.1 Å². The van der Waals surface area contributed by atoms with Gasteiger partial charge in [0.25, 0.3) is 5.91 Å². The monoisotopic (exact) mass is 262 g/mol. The van der Waals surface area contributed by atoms with E-state index in [1.165, 1.54) is 19.2 Å². The van der Waals surface area contributed by atoms with E-state index in [0.29, 0.717) is 18.8 Å². The largest absolute Gasteiger partial charge is 0.507 e. The van der Waals surface area contributed by atoms with Crippen LogP contribution >= 0.6 is 0 Å². The summed E-state index contributed by atoms with van der Waals surface area (Å²) in [6, 6.07) is 4.53. The molecule has 100 valence electrons. The SMILES string of the molecule is COc1ccc(C(=O)NCCn2ccnn2)c(O)c1. The molecule has 0 spiro atoms. The molecule has 1 aromatic heterocycles. The number of carbonyl (C=O) groups is 1. The molecule has 0 radical (unpaired) electrons. The van der Waals surface area contributed by atoms with Gasteiger partial charge >= 0.3 is 0 Å². The number of aromatic hydroxyl groups is 1. The van der Waals surface area contributed by atoms with Gasteiger partial charge in [-0.15, -0.1) is 5.10 Å². The minimum absolute atomic E-state index is 0.113. The van der Waals surface area contributed by atoms with E-state index in [9.17, 15) is 9.90 Å². The maximum atomic E-state index is 11.8. The van der Waals surface area contributed by atoms with Crippen LogP contribution in [0.4, 0.5) is 0 Å². The number of benzene rings is 1. The van der Waals surface area contributed by atoms with Crippen molar-refractivity contribution in [2.75, 3.05) is 13.7 Å². The summed E-state index contributed by atoms with van der Waals surface area (Å²) in [6.07, 6.45) is 3.27. The average Bonchev–Trinajstić information content (AvgIpc) is 2.91. The van der Waals surface area contributed by atoms with E-state index in [-0.39, 0.29) is 17.2 Å². The van der Waals surface area contributed by atoms with Crippen LogP contribution in [0.2, 0.25) is 0 Å². The second-order valence-electron chi connectivity index (χ2n) is 3.81. The zero-order valence-electron chi connectivity index (χ0n) is 10.4. The first-order chi connectivity index (χ1) is 9.20. The van der Waals surface area contributed by atoms with Gasteiger partial charge in [-0.2, -0.15) is 0 Å². The highest BCUT2D eigenvalue weighted by molar-refractivity contribution is 5.96. The number of carbonyl (C=O) groups excluding carboxylic acids is 1. The molecule has 0 saturated carbocycles. The van der Waals surface area contributed by atoms with Crippen molar-refractivity contribution in [1.82, 2.24) is 20.3 Å². The molecule has 0 atom stereocenters. The Kier molecular flexibility index (Phi) is 3.97. The Bertz CT molecular complexity index is 554. The lowest BCUT2D eigenvalue weighted by Gasteiger charge is -2.08. The van der Waals surface area contributed by atoms with E-state index >= 15 is 0 Å². The summed E-state index contributed by atoms with van der Waals surface area (Å²) in [5, 5.41) is 19.8. The van der Waals surface area contributed by atoms with Crippen LogP contribution in [0.25, 0.3) is 0 Å². The normalized spacial score (nSPS) is 10.2. The molecular weight excluding hydrogens is 248 g/mol. The van der Waals surface area contributed by atoms with Crippen LogP contribution in [0.15, 0.2) is 30.6 Å². The lowest BCUT2D eigenvalue weighted by atomic mass is 10.2. The van der Waals surface area contributed by atoms with E-state index in [4.69, 9.17) is 4.74 Å². The molecule has 0 aliphatic rings. The van der Waals surface area contributed by atoms with Crippen LogP contribution in [-0.4, -0.2) is 39.7 Å². The summed E-state index contributed by atoms with van der Waals surface area (Å²) >= 11 is 0. The van der Waals surface area contributed by atoms with Crippen LogP contribution in [0.5, 0.6) is 11.5 Å². The molecule has 1 amide bonds. The summed E-state index contributed by atoms with van der Waals surface area (Å²) in [5.74, 6) is 0.0366. The number of rotatable bonds is 5. The molecule has 1 aromatic carbocycles. The quantitative estimate of drug-likeness (QED) is 0.815.